The Kier molecular flexibility index (Phi) is 6.50. The predicted octanol–water partition coefficient (Wildman–Crippen LogP) is 4.05. The highest BCUT2D eigenvalue weighted by atomic mass is 79.9. The zero-order valence-electron chi connectivity index (χ0n) is 11.5. The normalized spacial score (nSPS) is 13.5. The largest absolute Gasteiger partial charge is 0.238 e. The zero-order chi connectivity index (χ0) is 14.5. The Morgan fingerprint density at radius 2 is 1.95 bits per heavy atom. The molecule has 0 aromatic heterocycles. The van der Waals surface area contributed by atoms with E-state index >= 15 is 0 Å². The quantitative estimate of drug-likeness (QED) is 0.597. The van der Waals surface area contributed by atoms with Crippen molar-refractivity contribution in [1.29, 1.82) is 0 Å². The number of unbranched alkanes of at least 4 members (excludes halogenated alkanes) is 3. The number of halogens is 1. The minimum Gasteiger partial charge on any atom is -0.225 e. The number of hydrogen-bond acceptors (Lipinski definition) is 2. The van der Waals surface area contributed by atoms with Crippen LogP contribution >= 0.6 is 15.9 Å². The van der Waals surface area contributed by atoms with Crippen molar-refractivity contribution in [2.75, 3.05) is 0 Å². The van der Waals surface area contributed by atoms with E-state index in [0.29, 0.717) is 0 Å². The van der Waals surface area contributed by atoms with E-state index in [0.717, 1.165) is 24.0 Å². The molecule has 0 fully saturated rings. The summed E-state index contributed by atoms with van der Waals surface area (Å²) in [6, 6.07) is 5.23. The molecular formula is C14H22BrNO2S. The van der Waals surface area contributed by atoms with Crippen LogP contribution in [0.25, 0.3) is 0 Å². The first-order valence-electron chi connectivity index (χ1n) is 6.64. The molecule has 0 aliphatic rings. The molecule has 19 heavy (non-hydrogen) atoms. The molecule has 1 unspecified atom stereocenters. The average Bonchev–Trinajstić information content (AvgIpc) is 2.33. The van der Waals surface area contributed by atoms with Gasteiger partial charge in [0.2, 0.25) is 10.0 Å². The van der Waals surface area contributed by atoms with E-state index in [4.69, 9.17) is 5.14 Å². The molecule has 1 aromatic rings. The Balaban J connectivity index is 2.92. The fourth-order valence-corrected chi connectivity index (χ4v) is 4.16. The predicted molar refractivity (Wildman–Crippen MR) is 83.0 cm³/mol. The van der Waals surface area contributed by atoms with E-state index in [2.05, 4.69) is 22.9 Å². The Morgan fingerprint density at radius 1 is 1.26 bits per heavy atom. The van der Waals surface area contributed by atoms with Gasteiger partial charge in [-0.05, 0) is 30.5 Å². The Morgan fingerprint density at radius 3 is 2.53 bits per heavy atom. The van der Waals surface area contributed by atoms with Crippen molar-refractivity contribution in [2.45, 2.75) is 55.7 Å². The van der Waals surface area contributed by atoms with Gasteiger partial charge in [-0.2, -0.15) is 0 Å². The van der Waals surface area contributed by atoms with Crippen molar-refractivity contribution >= 4 is 26.0 Å². The standard InChI is InChI=1S/C14H22BrNO2S/c1-3-4-5-6-9-12(15)14-11(2)8-7-10-13(14)19(16,17)18/h7-8,10,12H,3-6,9H2,1-2H3,(H2,16,17,18). The SMILES string of the molecule is CCCCCCC(Br)c1c(C)cccc1S(N)(=O)=O. The van der Waals surface area contributed by atoms with Crippen LogP contribution in [0, 0.1) is 6.92 Å². The van der Waals surface area contributed by atoms with Crippen LogP contribution in [-0.4, -0.2) is 8.42 Å². The van der Waals surface area contributed by atoms with Crippen molar-refractivity contribution in [3.05, 3.63) is 29.3 Å². The van der Waals surface area contributed by atoms with E-state index in [9.17, 15) is 8.42 Å². The second-order valence-corrected chi connectivity index (χ2v) is 7.48. The lowest BCUT2D eigenvalue weighted by Gasteiger charge is -2.16. The molecule has 0 saturated carbocycles. The summed E-state index contributed by atoms with van der Waals surface area (Å²) >= 11 is 3.61. The molecule has 1 atom stereocenters. The Bertz CT molecular complexity index is 514. The van der Waals surface area contributed by atoms with Gasteiger partial charge in [0, 0.05) is 4.83 Å². The number of sulfonamides is 1. The molecule has 108 valence electrons. The topological polar surface area (TPSA) is 60.2 Å². The number of hydrogen-bond donors (Lipinski definition) is 1. The van der Waals surface area contributed by atoms with E-state index in [1.165, 1.54) is 19.3 Å². The number of nitrogens with two attached hydrogens (primary N) is 1. The summed E-state index contributed by atoms with van der Waals surface area (Å²) in [5, 5.41) is 5.29. The second kappa shape index (κ2) is 7.41. The molecule has 0 bridgehead atoms. The van der Waals surface area contributed by atoms with Crippen LogP contribution in [0.5, 0.6) is 0 Å². The van der Waals surface area contributed by atoms with Gasteiger partial charge in [0.25, 0.3) is 0 Å². The van der Waals surface area contributed by atoms with Gasteiger partial charge in [-0.15, -0.1) is 0 Å². The molecule has 0 aliphatic carbocycles. The van der Waals surface area contributed by atoms with Gasteiger partial charge in [-0.3, -0.25) is 0 Å². The molecule has 1 rings (SSSR count). The van der Waals surface area contributed by atoms with Crippen LogP contribution in [0.15, 0.2) is 23.1 Å². The summed E-state index contributed by atoms with van der Waals surface area (Å²) in [6.45, 7) is 4.09. The first kappa shape index (κ1) is 16.7. The molecule has 1 aromatic carbocycles. The van der Waals surface area contributed by atoms with Crippen LogP contribution in [0.4, 0.5) is 0 Å². The summed E-state index contributed by atoms with van der Waals surface area (Å²) < 4.78 is 23.3. The third kappa shape index (κ3) is 4.89. The summed E-state index contributed by atoms with van der Waals surface area (Å²) in [6.07, 6.45) is 5.60. The van der Waals surface area contributed by atoms with E-state index < -0.39 is 10.0 Å². The molecule has 0 heterocycles. The monoisotopic (exact) mass is 347 g/mol. The number of primary sulfonamides is 1. The van der Waals surface area contributed by atoms with E-state index in [-0.39, 0.29) is 9.72 Å². The summed E-state index contributed by atoms with van der Waals surface area (Å²) in [5.41, 5.74) is 1.77. The fraction of sp³-hybridized carbons (Fsp3) is 0.571. The van der Waals surface area contributed by atoms with Gasteiger partial charge in [-0.1, -0.05) is 60.7 Å². The highest BCUT2D eigenvalue weighted by Gasteiger charge is 2.20. The molecule has 0 saturated heterocycles. The van der Waals surface area contributed by atoms with Crippen molar-refractivity contribution in [1.82, 2.24) is 0 Å². The molecular weight excluding hydrogens is 326 g/mol. The Hall–Kier alpha value is -0.390. The summed E-state index contributed by atoms with van der Waals surface area (Å²) in [4.78, 5) is 0.281. The van der Waals surface area contributed by atoms with Gasteiger partial charge in [-0.25, -0.2) is 13.6 Å². The van der Waals surface area contributed by atoms with E-state index in [1.807, 2.05) is 13.0 Å². The third-order valence-corrected chi connectivity index (χ3v) is 5.10. The minimum absolute atomic E-state index is 0.0406. The van der Waals surface area contributed by atoms with Crippen molar-refractivity contribution < 1.29 is 8.42 Å². The number of alkyl halides is 1. The molecule has 0 aliphatic heterocycles. The zero-order valence-corrected chi connectivity index (χ0v) is 13.9. The van der Waals surface area contributed by atoms with Gasteiger partial charge < -0.3 is 0 Å². The van der Waals surface area contributed by atoms with Crippen LogP contribution < -0.4 is 5.14 Å². The van der Waals surface area contributed by atoms with Crippen molar-refractivity contribution in [2.24, 2.45) is 5.14 Å². The number of aryl methyl sites for hydroxylation is 1. The Labute approximate surface area is 124 Å². The third-order valence-electron chi connectivity index (χ3n) is 3.22. The van der Waals surface area contributed by atoms with Gasteiger partial charge in [0.1, 0.15) is 0 Å². The number of benzene rings is 1. The highest BCUT2D eigenvalue weighted by Crippen LogP contribution is 2.35. The summed E-state index contributed by atoms with van der Waals surface area (Å²) in [7, 11) is -3.67. The van der Waals surface area contributed by atoms with Crippen LogP contribution in [0.2, 0.25) is 0 Å². The maximum absolute atomic E-state index is 11.6. The highest BCUT2D eigenvalue weighted by molar-refractivity contribution is 9.09. The van der Waals surface area contributed by atoms with Crippen LogP contribution in [0.1, 0.15) is 55.0 Å². The number of rotatable bonds is 7. The van der Waals surface area contributed by atoms with Crippen LogP contribution in [-0.2, 0) is 10.0 Å². The second-order valence-electron chi connectivity index (χ2n) is 4.85. The van der Waals surface area contributed by atoms with Gasteiger partial charge in [0.15, 0.2) is 0 Å². The molecule has 2 N–H and O–H groups in total. The van der Waals surface area contributed by atoms with Gasteiger partial charge >= 0.3 is 0 Å². The maximum Gasteiger partial charge on any atom is 0.238 e. The lowest BCUT2D eigenvalue weighted by Crippen LogP contribution is -2.16. The lowest BCUT2D eigenvalue weighted by molar-refractivity contribution is 0.593. The van der Waals surface area contributed by atoms with Crippen molar-refractivity contribution in [3.8, 4) is 0 Å². The van der Waals surface area contributed by atoms with Gasteiger partial charge in [0.05, 0.1) is 4.90 Å². The molecule has 3 nitrogen and oxygen atoms in total. The molecule has 5 heteroatoms. The average molecular weight is 348 g/mol. The lowest BCUT2D eigenvalue weighted by atomic mass is 10.0. The maximum atomic E-state index is 11.6. The first-order valence-corrected chi connectivity index (χ1v) is 9.10. The smallest absolute Gasteiger partial charge is 0.225 e. The fourth-order valence-electron chi connectivity index (χ4n) is 2.20. The van der Waals surface area contributed by atoms with Crippen LogP contribution in [0.3, 0.4) is 0 Å². The summed E-state index contributed by atoms with van der Waals surface area (Å²) in [5.74, 6) is 0. The van der Waals surface area contributed by atoms with Crippen molar-refractivity contribution in [3.63, 3.8) is 0 Å². The molecule has 0 radical (unpaired) electrons. The first-order chi connectivity index (χ1) is 8.88. The molecule has 0 spiro atoms. The molecule has 0 amide bonds. The van der Waals surface area contributed by atoms with E-state index in [1.54, 1.807) is 12.1 Å². The minimum atomic E-state index is -3.67.